The number of carbonyl (C=O) groups excluding carboxylic acids is 2. The van der Waals surface area contributed by atoms with Crippen molar-refractivity contribution < 1.29 is 14.0 Å². The van der Waals surface area contributed by atoms with Crippen LogP contribution in [-0.2, 0) is 17.9 Å². The summed E-state index contributed by atoms with van der Waals surface area (Å²) in [5, 5.41) is 8.71. The van der Waals surface area contributed by atoms with E-state index < -0.39 is 5.91 Å². The van der Waals surface area contributed by atoms with Crippen LogP contribution in [0.15, 0.2) is 47.5 Å². The van der Waals surface area contributed by atoms with Crippen molar-refractivity contribution in [2.75, 3.05) is 13.6 Å². The van der Waals surface area contributed by atoms with Gasteiger partial charge in [-0.3, -0.25) is 14.6 Å². The van der Waals surface area contributed by atoms with Gasteiger partial charge in [-0.15, -0.1) is 0 Å². The third kappa shape index (κ3) is 6.39. The van der Waals surface area contributed by atoms with Crippen molar-refractivity contribution in [3.63, 3.8) is 0 Å². The molecule has 0 aromatic heterocycles. The molecule has 0 heterocycles. The van der Waals surface area contributed by atoms with Gasteiger partial charge in [-0.1, -0.05) is 24.3 Å². The summed E-state index contributed by atoms with van der Waals surface area (Å²) in [5.41, 5.74) is 7.81. The topological polar surface area (TPSA) is 109 Å². The molecule has 2 amide bonds. The van der Waals surface area contributed by atoms with Crippen LogP contribution in [0.5, 0.6) is 0 Å². The maximum atomic E-state index is 13.6. The molecule has 2 rings (SSSR count). The number of hydrogen-bond acceptors (Lipinski definition) is 3. The Morgan fingerprint density at radius 1 is 1.00 bits per heavy atom. The van der Waals surface area contributed by atoms with Gasteiger partial charge in [-0.2, -0.15) is 0 Å². The maximum absolute atomic E-state index is 13.6. The Balaban J connectivity index is 1.84. The highest BCUT2D eigenvalue weighted by molar-refractivity contribution is 5.96. The molecule has 7 nitrogen and oxygen atoms in total. The normalized spacial score (nSPS) is 11.0. The van der Waals surface area contributed by atoms with Gasteiger partial charge in [0, 0.05) is 25.7 Å². The third-order valence-electron chi connectivity index (χ3n) is 4.02. The number of nitrogens with one attached hydrogen (secondary N) is 3. The van der Waals surface area contributed by atoms with E-state index in [1.54, 1.807) is 44.3 Å². The van der Waals surface area contributed by atoms with E-state index in [4.69, 9.17) is 5.73 Å². The molecular formula is C20H24FN5O2. The Hall–Kier alpha value is -3.42. The number of benzene rings is 2. The molecule has 0 radical (unpaired) electrons. The fourth-order valence-electron chi connectivity index (χ4n) is 2.38. The maximum Gasteiger partial charge on any atom is 0.251 e. The summed E-state index contributed by atoms with van der Waals surface area (Å²) in [7, 11) is 1.65. The van der Waals surface area contributed by atoms with Gasteiger partial charge in [0.15, 0.2) is 5.96 Å². The van der Waals surface area contributed by atoms with Crippen molar-refractivity contribution in [1.82, 2.24) is 16.0 Å². The smallest absolute Gasteiger partial charge is 0.251 e. The number of guanidine groups is 1. The van der Waals surface area contributed by atoms with Crippen LogP contribution in [0.25, 0.3) is 0 Å². The number of halogens is 1. The predicted octanol–water partition coefficient (Wildman–Crippen LogP) is 1.21. The molecule has 28 heavy (non-hydrogen) atoms. The second-order valence-corrected chi connectivity index (χ2v) is 6.21. The van der Waals surface area contributed by atoms with Crippen LogP contribution in [0, 0.1) is 12.7 Å². The molecule has 0 bridgehead atoms. The van der Waals surface area contributed by atoms with E-state index in [9.17, 15) is 14.0 Å². The Labute approximate surface area is 163 Å². The van der Waals surface area contributed by atoms with Crippen LogP contribution in [0.1, 0.15) is 27.0 Å². The highest BCUT2D eigenvalue weighted by atomic mass is 19.1. The number of aliphatic imine (C=N–C) groups is 1. The van der Waals surface area contributed by atoms with Crippen molar-refractivity contribution in [3.05, 3.63) is 70.5 Å². The largest absolute Gasteiger partial charge is 0.368 e. The molecule has 0 saturated carbocycles. The zero-order valence-corrected chi connectivity index (χ0v) is 15.9. The van der Waals surface area contributed by atoms with Crippen molar-refractivity contribution in [1.29, 1.82) is 0 Å². The molecule has 0 aliphatic heterocycles. The summed E-state index contributed by atoms with van der Waals surface area (Å²) in [6.45, 7) is 2.45. The average Bonchev–Trinajstić information content (AvgIpc) is 2.69. The van der Waals surface area contributed by atoms with Gasteiger partial charge in [0.05, 0.1) is 6.54 Å². The predicted molar refractivity (Wildman–Crippen MR) is 106 cm³/mol. The second kappa shape index (κ2) is 10.1. The van der Waals surface area contributed by atoms with Gasteiger partial charge in [0.25, 0.3) is 5.91 Å². The lowest BCUT2D eigenvalue weighted by atomic mass is 10.1. The molecule has 0 aliphatic carbocycles. The van der Waals surface area contributed by atoms with E-state index >= 15 is 0 Å². The first-order valence-electron chi connectivity index (χ1n) is 8.74. The van der Waals surface area contributed by atoms with E-state index in [-0.39, 0.29) is 18.3 Å². The zero-order chi connectivity index (χ0) is 20.5. The van der Waals surface area contributed by atoms with E-state index in [0.29, 0.717) is 30.2 Å². The Morgan fingerprint density at radius 2 is 1.61 bits per heavy atom. The molecule has 5 N–H and O–H groups in total. The van der Waals surface area contributed by atoms with Gasteiger partial charge in [0.1, 0.15) is 5.82 Å². The number of aryl methyl sites for hydroxylation is 1. The molecule has 0 aliphatic rings. The summed E-state index contributed by atoms with van der Waals surface area (Å²) in [6, 6.07) is 12.0. The minimum atomic E-state index is -0.596. The van der Waals surface area contributed by atoms with Gasteiger partial charge in [-0.25, -0.2) is 4.39 Å². The molecule has 0 saturated heterocycles. The van der Waals surface area contributed by atoms with Crippen LogP contribution in [0.2, 0.25) is 0 Å². The van der Waals surface area contributed by atoms with Gasteiger partial charge >= 0.3 is 0 Å². The number of amides is 2. The minimum Gasteiger partial charge on any atom is -0.368 e. The highest BCUT2D eigenvalue weighted by Gasteiger charge is 2.07. The molecule has 0 atom stereocenters. The monoisotopic (exact) mass is 385 g/mol. The lowest BCUT2D eigenvalue weighted by Gasteiger charge is -2.12. The van der Waals surface area contributed by atoms with Crippen molar-refractivity contribution in [2.24, 2.45) is 10.7 Å². The van der Waals surface area contributed by atoms with E-state index in [1.807, 2.05) is 6.07 Å². The van der Waals surface area contributed by atoms with Crippen molar-refractivity contribution in [3.8, 4) is 0 Å². The standard InChI is InChI=1S/C20H24FN5O2/c1-13-3-4-15(9-17(13)21)11-26-20(23-2)25-10-14-5-7-16(8-6-14)19(28)24-12-18(22)27/h3-9H,10-12H2,1-2H3,(H2,22,27)(H,24,28)(H2,23,25,26). The molecule has 0 spiro atoms. The molecule has 148 valence electrons. The van der Waals surface area contributed by atoms with Gasteiger partial charge < -0.3 is 21.7 Å². The molecule has 2 aromatic carbocycles. The van der Waals surface area contributed by atoms with Crippen LogP contribution >= 0.6 is 0 Å². The number of hydrogen-bond donors (Lipinski definition) is 4. The summed E-state index contributed by atoms with van der Waals surface area (Å²) in [6.07, 6.45) is 0. The summed E-state index contributed by atoms with van der Waals surface area (Å²) < 4.78 is 13.6. The Bertz CT molecular complexity index is 865. The van der Waals surface area contributed by atoms with Crippen LogP contribution in [0.4, 0.5) is 4.39 Å². The van der Waals surface area contributed by atoms with Crippen molar-refractivity contribution in [2.45, 2.75) is 20.0 Å². The fraction of sp³-hybridized carbons (Fsp3) is 0.250. The molecule has 0 fully saturated rings. The first-order chi connectivity index (χ1) is 13.4. The summed E-state index contributed by atoms with van der Waals surface area (Å²) in [5.74, 6) is -0.617. The van der Waals surface area contributed by atoms with Gasteiger partial charge in [-0.05, 0) is 41.8 Å². The Kier molecular flexibility index (Phi) is 7.50. The molecule has 2 aromatic rings. The zero-order valence-electron chi connectivity index (χ0n) is 15.9. The number of rotatable bonds is 7. The van der Waals surface area contributed by atoms with Crippen molar-refractivity contribution >= 4 is 17.8 Å². The van der Waals surface area contributed by atoms with E-state index in [1.165, 1.54) is 6.07 Å². The fourth-order valence-corrected chi connectivity index (χ4v) is 2.38. The highest BCUT2D eigenvalue weighted by Crippen LogP contribution is 2.09. The lowest BCUT2D eigenvalue weighted by Crippen LogP contribution is -2.36. The average molecular weight is 385 g/mol. The summed E-state index contributed by atoms with van der Waals surface area (Å²) >= 11 is 0. The third-order valence-corrected chi connectivity index (χ3v) is 4.02. The summed E-state index contributed by atoms with van der Waals surface area (Å²) in [4.78, 5) is 26.7. The Morgan fingerprint density at radius 3 is 2.18 bits per heavy atom. The minimum absolute atomic E-state index is 0.199. The van der Waals surface area contributed by atoms with Crippen LogP contribution in [0.3, 0.4) is 0 Å². The molecule has 0 unspecified atom stereocenters. The quantitative estimate of drug-likeness (QED) is 0.424. The first kappa shape index (κ1) is 20.9. The second-order valence-electron chi connectivity index (χ2n) is 6.21. The van der Waals surface area contributed by atoms with Crippen LogP contribution in [-0.4, -0.2) is 31.4 Å². The molecule has 8 heteroatoms. The number of carbonyl (C=O) groups is 2. The number of nitrogens with two attached hydrogens (primary N) is 1. The first-order valence-corrected chi connectivity index (χ1v) is 8.74. The number of nitrogens with zero attached hydrogens (tertiary/aromatic N) is 1. The van der Waals surface area contributed by atoms with Gasteiger partial charge in [0.2, 0.25) is 5.91 Å². The van der Waals surface area contributed by atoms with E-state index in [2.05, 4.69) is 20.9 Å². The van der Waals surface area contributed by atoms with Crippen LogP contribution < -0.4 is 21.7 Å². The SMILES string of the molecule is CN=C(NCc1ccc(C(=O)NCC(N)=O)cc1)NCc1ccc(C)c(F)c1. The van der Waals surface area contributed by atoms with E-state index in [0.717, 1.165) is 11.1 Å². The molecular weight excluding hydrogens is 361 g/mol. The lowest BCUT2D eigenvalue weighted by molar-refractivity contribution is -0.117. The number of primary amides is 1.